The van der Waals surface area contributed by atoms with Gasteiger partial charge in [-0.05, 0) is 52.3 Å². The van der Waals surface area contributed by atoms with Crippen molar-refractivity contribution in [1.29, 1.82) is 0 Å². The van der Waals surface area contributed by atoms with Crippen molar-refractivity contribution in [2.75, 3.05) is 0 Å². The lowest BCUT2D eigenvalue weighted by molar-refractivity contribution is 0.863. The van der Waals surface area contributed by atoms with Crippen LogP contribution in [0.4, 0.5) is 0 Å². The summed E-state index contributed by atoms with van der Waals surface area (Å²) >= 11 is 0. The van der Waals surface area contributed by atoms with Crippen molar-refractivity contribution in [2.45, 2.75) is 32.6 Å². The predicted octanol–water partition coefficient (Wildman–Crippen LogP) is 2.71. The van der Waals surface area contributed by atoms with Crippen LogP contribution in [0.15, 0.2) is 24.5 Å². The van der Waals surface area contributed by atoms with Gasteiger partial charge in [0.1, 0.15) is 0 Å². The van der Waals surface area contributed by atoms with Crippen LogP contribution in [0.3, 0.4) is 0 Å². The van der Waals surface area contributed by atoms with Crippen LogP contribution in [0.1, 0.15) is 38.2 Å². The third-order valence-corrected chi connectivity index (χ3v) is 3.51. The first-order valence-corrected chi connectivity index (χ1v) is 6.34. The first-order chi connectivity index (χ1) is 8.27. The van der Waals surface area contributed by atoms with Crippen LogP contribution < -0.4 is 10.4 Å². The second kappa shape index (κ2) is 3.99. The number of hydrogen-bond acceptors (Lipinski definition) is 1. The molecule has 1 aliphatic carbocycles. The molecular formula is C16H17N. The van der Waals surface area contributed by atoms with E-state index in [1.807, 2.05) is 12.4 Å². The molecule has 0 amide bonds. The molecule has 0 radical (unpaired) electrons. The minimum atomic E-state index is 0.541. The maximum Gasteiger partial charge on any atom is 0.0349 e. The number of fused-ring (bicyclic) bond motifs is 2. The number of aromatic nitrogens is 1. The van der Waals surface area contributed by atoms with E-state index in [1.165, 1.54) is 39.6 Å². The molecule has 0 aliphatic heterocycles. The van der Waals surface area contributed by atoms with Crippen LogP contribution in [-0.4, -0.2) is 4.98 Å². The molecule has 0 atom stereocenters. The largest absolute Gasteiger partial charge is 0.264 e. The van der Waals surface area contributed by atoms with E-state index in [2.05, 4.69) is 43.1 Å². The van der Waals surface area contributed by atoms with Crippen LogP contribution in [-0.2, 0) is 0 Å². The number of pyridine rings is 1. The lowest BCUT2D eigenvalue weighted by Gasteiger charge is -2.14. The molecule has 0 spiro atoms. The fourth-order valence-electron chi connectivity index (χ4n) is 2.79. The second-order valence-electron chi connectivity index (χ2n) is 5.03. The molecular weight excluding hydrogens is 206 g/mol. The normalized spacial score (nSPS) is 14.3. The van der Waals surface area contributed by atoms with E-state index >= 15 is 0 Å². The van der Waals surface area contributed by atoms with Gasteiger partial charge in [0.15, 0.2) is 0 Å². The standard InChI is InChI=1S/C16H17N/c1-11(2)16-14-6-4-3-5-12(14)9-13-7-8-17-10-15(13)16/h5-11H,3-4H2,1-2H3. The predicted molar refractivity (Wildman–Crippen MR) is 73.2 cm³/mol. The van der Waals surface area contributed by atoms with E-state index in [1.54, 1.807) is 0 Å². The molecule has 1 aromatic carbocycles. The third kappa shape index (κ3) is 1.66. The first-order valence-electron chi connectivity index (χ1n) is 6.34. The number of rotatable bonds is 1. The average molecular weight is 223 g/mol. The highest BCUT2D eigenvalue weighted by molar-refractivity contribution is 5.86. The Morgan fingerprint density at radius 3 is 2.82 bits per heavy atom. The summed E-state index contributed by atoms with van der Waals surface area (Å²) in [5, 5.41) is 5.47. The molecule has 1 heteroatoms. The molecule has 2 aromatic rings. The molecule has 1 heterocycles. The minimum Gasteiger partial charge on any atom is -0.264 e. The second-order valence-corrected chi connectivity index (χ2v) is 5.03. The molecule has 0 saturated carbocycles. The van der Waals surface area contributed by atoms with Crippen LogP contribution in [0.25, 0.3) is 22.9 Å². The van der Waals surface area contributed by atoms with Crippen LogP contribution in [0, 0.1) is 0 Å². The highest BCUT2D eigenvalue weighted by atomic mass is 14.6. The van der Waals surface area contributed by atoms with Crippen molar-refractivity contribution in [2.24, 2.45) is 0 Å². The summed E-state index contributed by atoms with van der Waals surface area (Å²) in [5.41, 5.74) is 1.46. The Bertz CT molecular complexity index is 680. The van der Waals surface area contributed by atoms with Gasteiger partial charge in [0.05, 0.1) is 0 Å². The maximum absolute atomic E-state index is 4.28. The molecule has 1 aromatic heterocycles. The maximum atomic E-state index is 4.28. The summed E-state index contributed by atoms with van der Waals surface area (Å²) in [7, 11) is 0. The van der Waals surface area contributed by atoms with Crippen molar-refractivity contribution in [1.82, 2.24) is 4.98 Å². The average Bonchev–Trinajstić information content (AvgIpc) is 2.35. The van der Waals surface area contributed by atoms with Crippen molar-refractivity contribution >= 4 is 22.9 Å². The number of benzene rings is 1. The van der Waals surface area contributed by atoms with Gasteiger partial charge in [0, 0.05) is 17.8 Å². The van der Waals surface area contributed by atoms with E-state index < -0.39 is 0 Å². The summed E-state index contributed by atoms with van der Waals surface area (Å²) < 4.78 is 0. The monoisotopic (exact) mass is 223 g/mol. The molecule has 0 unspecified atom stereocenters. The molecule has 0 saturated heterocycles. The Hall–Kier alpha value is -1.63. The fraction of sp³-hybridized carbons (Fsp3) is 0.312. The Balaban J connectivity index is 2.55. The van der Waals surface area contributed by atoms with Gasteiger partial charge in [-0.1, -0.05) is 26.0 Å². The summed E-state index contributed by atoms with van der Waals surface area (Å²) in [6, 6.07) is 4.41. The zero-order valence-corrected chi connectivity index (χ0v) is 10.4. The lowest BCUT2D eigenvalue weighted by atomic mass is 9.91. The molecule has 3 rings (SSSR count). The van der Waals surface area contributed by atoms with Gasteiger partial charge in [0.2, 0.25) is 0 Å². The van der Waals surface area contributed by atoms with Crippen molar-refractivity contribution in [3.8, 4) is 0 Å². The van der Waals surface area contributed by atoms with Crippen molar-refractivity contribution in [3.05, 3.63) is 40.5 Å². The Morgan fingerprint density at radius 1 is 1.18 bits per heavy atom. The number of nitrogens with zero attached hydrogens (tertiary/aromatic N) is 1. The van der Waals surface area contributed by atoms with Crippen molar-refractivity contribution in [3.63, 3.8) is 0 Å². The van der Waals surface area contributed by atoms with E-state index in [0.717, 1.165) is 0 Å². The van der Waals surface area contributed by atoms with Crippen LogP contribution in [0.2, 0.25) is 0 Å². The van der Waals surface area contributed by atoms with Gasteiger partial charge >= 0.3 is 0 Å². The summed E-state index contributed by atoms with van der Waals surface area (Å²) in [6.45, 7) is 4.54. The first kappa shape index (κ1) is 10.5. The Kier molecular flexibility index (Phi) is 2.47. The zero-order chi connectivity index (χ0) is 11.8. The zero-order valence-electron chi connectivity index (χ0n) is 10.4. The topological polar surface area (TPSA) is 12.9 Å². The highest BCUT2D eigenvalue weighted by Gasteiger charge is 2.09. The summed E-state index contributed by atoms with van der Waals surface area (Å²) in [5.74, 6) is 0.541. The van der Waals surface area contributed by atoms with E-state index in [9.17, 15) is 0 Å². The minimum absolute atomic E-state index is 0.541. The molecule has 17 heavy (non-hydrogen) atoms. The Morgan fingerprint density at radius 2 is 2.00 bits per heavy atom. The van der Waals surface area contributed by atoms with Gasteiger partial charge < -0.3 is 0 Å². The molecule has 1 nitrogen and oxygen atoms in total. The smallest absolute Gasteiger partial charge is 0.0349 e. The molecule has 86 valence electrons. The van der Waals surface area contributed by atoms with Gasteiger partial charge in [-0.3, -0.25) is 4.98 Å². The third-order valence-electron chi connectivity index (χ3n) is 3.51. The number of hydrogen-bond donors (Lipinski definition) is 0. The molecule has 0 N–H and O–H groups in total. The lowest BCUT2D eigenvalue weighted by Crippen LogP contribution is -2.31. The highest BCUT2D eigenvalue weighted by Crippen LogP contribution is 2.20. The van der Waals surface area contributed by atoms with Gasteiger partial charge in [0.25, 0.3) is 0 Å². The van der Waals surface area contributed by atoms with E-state index in [0.29, 0.717) is 5.92 Å². The molecule has 0 bridgehead atoms. The fourth-order valence-corrected chi connectivity index (χ4v) is 2.79. The molecule has 0 fully saturated rings. The van der Waals surface area contributed by atoms with E-state index in [-0.39, 0.29) is 0 Å². The van der Waals surface area contributed by atoms with Crippen LogP contribution >= 0.6 is 0 Å². The van der Waals surface area contributed by atoms with Gasteiger partial charge in [-0.2, -0.15) is 0 Å². The van der Waals surface area contributed by atoms with Crippen molar-refractivity contribution < 1.29 is 0 Å². The van der Waals surface area contributed by atoms with Gasteiger partial charge in [-0.15, -0.1) is 0 Å². The SMILES string of the molecule is CC(C)c1c2c(cc3ccncc13)=CCCC=2. The summed E-state index contributed by atoms with van der Waals surface area (Å²) in [6.07, 6.45) is 11.0. The quantitative estimate of drug-likeness (QED) is 0.724. The van der Waals surface area contributed by atoms with Crippen LogP contribution in [0.5, 0.6) is 0 Å². The van der Waals surface area contributed by atoms with Gasteiger partial charge in [-0.25, -0.2) is 0 Å². The molecule has 1 aliphatic rings. The summed E-state index contributed by atoms with van der Waals surface area (Å²) in [4.78, 5) is 4.28. The van der Waals surface area contributed by atoms with E-state index in [4.69, 9.17) is 0 Å². The Labute approximate surface area is 102 Å².